The molecule has 1 amide bonds. The summed E-state index contributed by atoms with van der Waals surface area (Å²) in [5, 5.41) is 11.5. The van der Waals surface area contributed by atoms with Gasteiger partial charge in [0, 0.05) is 5.92 Å². The van der Waals surface area contributed by atoms with Gasteiger partial charge in [-0.15, -0.1) is 0 Å². The quantitative estimate of drug-likeness (QED) is 0.731. The molecule has 16 heavy (non-hydrogen) atoms. The summed E-state index contributed by atoms with van der Waals surface area (Å²) in [6, 6.07) is -0.793. The van der Waals surface area contributed by atoms with Gasteiger partial charge in [-0.05, 0) is 11.8 Å². The second-order valence-corrected chi connectivity index (χ2v) is 4.74. The fourth-order valence-electron chi connectivity index (χ4n) is 1.41. The van der Waals surface area contributed by atoms with Gasteiger partial charge in [-0.1, -0.05) is 41.0 Å². The molecular weight excluding hydrogens is 206 g/mol. The summed E-state index contributed by atoms with van der Waals surface area (Å²) in [6.07, 6.45) is 0.911. The molecule has 0 saturated carbocycles. The van der Waals surface area contributed by atoms with Crippen molar-refractivity contribution in [3.8, 4) is 0 Å². The zero-order valence-corrected chi connectivity index (χ0v) is 10.8. The van der Waals surface area contributed by atoms with Crippen molar-refractivity contribution in [3.63, 3.8) is 0 Å². The van der Waals surface area contributed by atoms with Crippen molar-refractivity contribution in [1.82, 2.24) is 5.32 Å². The molecular formula is C12H23NO3. The van der Waals surface area contributed by atoms with Crippen LogP contribution in [0.15, 0.2) is 0 Å². The van der Waals surface area contributed by atoms with E-state index in [0.29, 0.717) is 0 Å². The molecule has 0 aliphatic carbocycles. The molecule has 0 radical (unpaired) electrons. The van der Waals surface area contributed by atoms with Crippen molar-refractivity contribution < 1.29 is 14.7 Å². The van der Waals surface area contributed by atoms with E-state index in [4.69, 9.17) is 5.11 Å². The Kier molecular flexibility index (Phi) is 6.08. The van der Waals surface area contributed by atoms with Crippen molar-refractivity contribution in [1.29, 1.82) is 0 Å². The number of amides is 1. The van der Waals surface area contributed by atoms with Gasteiger partial charge in [-0.3, -0.25) is 4.79 Å². The Morgan fingerprint density at radius 1 is 1.19 bits per heavy atom. The number of rotatable bonds is 6. The number of hydrogen-bond donors (Lipinski definition) is 2. The van der Waals surface area contributed by atoms with E-state index in [2.05, 4.69) is 5.32 Å². The first-order valence-electron chi connectivity index (χ1n) is 5.84. The maximum atomic E-state index is 11.8. The SMILES string of the molecule is CCC(C)C(C)C(=O)N[C@@H](C(=O)O)C(C)C. The molecule has 0 aromatic carbocycles. The minimum absolute atomic E-state index is 0.106. The zero-order valence-electron chi connectivity index (χ0n) is 10.8. The Hall–Kier alpha value is -1.06. The summed E-state index contributed by atoms with van der Waals surface area (Å²) in [5.41, 5.74) is 0. The van der Waals surface area contributed by atoms with Gasteiger partial charge < -0.3 is 10.4 Å². The second kappa shape index (κ2) is 6.51. The number of nitrogens with one attached hydrogen (secondary N) is 1. The molecule has 0 aromatic heterocycles. The molecule has 0 aromatic rings. The first-order chi connectivity index (χ1) is 7.31. The summed E-state index contributed by atoms with van der Waals surface area (Å²) in [4.78, 5) is 22.7. The van der Waals surface area contributed by atoms with Crippen LogP contribution in [0.25, 0.3) is 0 Å². The molecule has 0 aliphatic heterocycles. The van der Waals surface area contributed by atoms with Crippen molar-refractivity contribution >= 4 is 11.9 Å². The van der Waals surface area contributed by atoms with Crippen LogP contribution in [0.1, 0.15) is 41.0 Å². The van der Waals surface area contributed by atoms with Crippen LogP contribution < -0.4 is 5.32 Å². The van der Waals surface area contributed by atoms with Crippen LogP contribution in [0.5, 0.6) is 0 Å². The van der Waals surface area contributed by atoms with Gasteiger partial charge in [0.25, 0.3) is 0 Å². The van der Waals surface area contributed by atoms with Crippen LogP contribution in [0.2, 0.25) is 0 Å². The molecule has 0 rings (SSSR count). The third-order valence-electron chi connectivity index (χ3n) is 3.14. The average molecular weight is 229 g/mol. The summed E-state index contributed by atoms with van der Waals surface area (Å²) >= 11 is 0. The Labute approximate surface area is 97.4 Å². The molecule has 0 saturated heterocycles. The zero-order chi connectivity index (χ0) is 12.9. The standard InChI is InChI=1S/C12H23NO3/c1-6-8(4)9(5)11(14)13-10(7(2)3)12(15)16/h7-10H,6H2,1-5H3,(H,13,14)(H,15,16)/t8?,9?,10-/m1/s1. The highest BCUT2D eigenvalue weighted by Crippen LogP contribution is 2.15. The van der Waals surface area contributed by atoms with Crippen LogP contribution in [0.4, 0.5) is 0 Å². The highest BCUT2D eigenvalue weighted by molar-refractivity contribution is 5.85. The minimum Gasteiger partial charge on any atom is -0.480 e. The van der Waals surface area contributed by atoms with Crippen LogP contribution in [0, 0.1) is 17.8 Å². The smallest absolute Gasteiger partial charge is 0.326 e. The molecule has 2 unspecified atom stereocenters. The highest BCUT2D eigenvalue weighted by Gasteiger charge is 2.27. The van der Waals surface area contributed by atoms with Crippen molar-refractivity contribution in [3.05, 3.63) is 0 Å². The maximum absolute atomic E-state index is 11.8. The molecule has 0 aliphatic rings. The largest absolute Gasteiger partial charge is 0.480 e. The monoisotopic (exact) mass is 229 g/mol. The lowest BCUT2D eigenvalue weighted by molar-refractivity contribution is -0.144. The predicted molar refractivity (Wildman–Crippen MR) is 63.0 cm³/mol. The van der Waals surface area contributed by atoms with Crippen molar-refractivity contribution in [2.24, 2.45) is 17.8 Å². The number of carboxylic acid groups (broad SMARTS) is 1. The second-order valence-electron chi connectivity index (χ2n) is 4.74. The van der Waals surface area contributed by atoms with E-state index in [1.54, 1.807) is 13.8 Å². The van der Waals surface area contributed by atoms with Gasteiger partial charge in [0.05, 0.1) is 0 Å². The Balaban J connectivity index is 4.46. The fraction of sp³-hybridized carbons (Fsp3) is 0.833. The minimum atomic E-state index is -0.972. The van der Waals surface area contributed by atoms with Crippen LogP contribution in [-0.4, -0.2) is 23.0 Å². The third kappa shape index (κ3) is 4.21. The van der Waals surface area contributed by atoms with E-state index < -0.39 is 12.0 Å². The molecule has 4 heteroatoms. The van der Waals surface area contributed by atoms with Crippen molar-refractivity contribution in [2.75, 3.05) is 0 Å². The van der Waals surface area contributed by atoms with E-state index in [1.165, 1.54) is 0 Å². The lowest BCUT2D eigenvalue weighted by Crippen LogP contribution is -2.47. The summed E-state index contributed by atoms with van der Waals surface area (Å²) < 4.78 is 0. The molecule has 0 heterocycles. The van der Waals surface area contributed by atoms with E-state index in [-0.39, 0.29) is 23.7 Å². The summed E-state index contributed by atoms with van der Waals surface area (Å²) in [7, 11) is 0. The van der Waals surface area contributed by atoms with Crippen LogP contribution in [0.3, 0.4) is 0 Å². The van der Waals surface area contributed by atoms with Gasteiger partial charge in [-0.25, -0.2) is 4.79 Å². The van der Waals surface area contributed by atoms with Gasteiger partial charge in [0.2, 0.25) is 5.91 Å². The van der Waals surface area contributed by atoms with Gasteiger partial charge in [0.15, 0.2) is 0 Å². The lowest BCUT2D eigenvalue weighted by Gasteiger charge is -2.23. The number of hydrogen-bond acceptors (Lipinski definition) is 2. The Bertz CT molecular complexity index is 251. The number of aliphatic carboxylic acids is 1. The molecule has 2 N–H and O–H groups in total. The predicted octanol–water partition coefficient (Wildman–Crippen LogP) is 1.89. The molecule has 0 spiro atoms. The maximum Gasteiger partial charge on any atom is 0.326 e. The fourth-order valence-corrected chi connectivity index (χ4v) is 1.41. The normalized spacial score (nSPS) is 16.6. The topological polar surface area (TPSA) is 66.4 Å². The first-order valence-corrected chi connectivity index (χ1v) is 5.84. The molecule has 0 bridgehead atoms. The highest BCUT2D eigenvalue weighted by atomic mass is 16.4. The number of carbonyl (C=O) groups excluding carboxylic acids is 1. The molecule has 94 valence electrons. The van der Waals surface area contributed by atoms with E-state index >= 15 is 0 Å². The van der Waals surface area contributed by atoms with E-state index in [0.717, 1.165) is 6.42 Å². The first kappa shape index (κ1) is 14.9. The number of carbonyl (C=O) groups is 2. The summed E-state index contributed by atoms with van der Waals surface area (Å²) in [6.45, 7) is 9.42. The van der Waals surface area contributed by atoms with Gasteiger partial charge in [-0.2, -0.15) is 0 Å². The van der Waals surface area contributed by atoms with Gasteiger partial charge >= 0.3 is 5.97 Å². The molecule has 4 nitrogen and oxygen atoms in total. The van der Waals surface area contributed by atoms with E-state index in [1.807, 2.05) is 20.8 Å². The lowest BCUT2D eigenvalue weighted by atomic mass is 9.92. The Morgan fingerprint density at radius 3 is 2.00 bits per heavy atom. The Morgan fingerprint density at radius 2 is 1.69 bits per heavy atom. The van der Waals surface area contributed by atoms with Crippen LogP contribution >= 0.6 is 0 Å². The van der Waals surface area contributed by atoms with Gasteiger partial charge in [0.1, 0.15) is 6.04 Å². The number of carboxylic acids is 1. The summed E-state index contributed by atoms with van der Waals surface area (Å²) in [5.74, 6) is -1.13. The molecule has 3 atom stereocenters. The average Bonchev–Trinajstić information content (AvgIpc) is 2.22. The third-order valence-corrected chi connectivity index (χ3v) is 3.14. The molecule has 0 fully saturated rings. The van der Waals surface area contributed by atoms with Crippen molar-refractivity contribution in [2.45, 2.75) is 47.1 Å². The van der Waals surface area contributed by atoms with E-state index in [9.17, 15) is 9.59 Å². The van der Waals surface area contributed by atoms with Crippen LogP contribution in [-0.2, 0) is 9.59 Å².